The molecule has 2 atom stereocenters. The molecule has 3 heteroatoms. The summed E-state index contributed by atoms with van der Waals surface area (Å²) in [5, 5.41) is 3.80. The zero-order valence-corrected chi connectivity index (χ0v) is 12.8. The van der Waals surface area contributed by atoms with Gasteiger partial charge in [-0.25, -0.2) is 0 Å². The molecular weight excluding hydrogens is 262 g/mol. The smallest absolute Gasteiger partial charge is 0.123 e. The van der Waals surface area contributed by atoms with E-state index in [1.807, 2.05) is 18.4 Å². The molecule has 0 spiro atoms. The maximum Gasteiger partial charge on any atom is 0.123 e. The number of hydrogen-bond acceptors (Lipinski definition) is 3. The number of methoxy groups -OCH3 is 1. The molecule has 0 aliphatic heterocycles. The van der Waals surface area contributed by atoms with Crippen molar-refractivity contribution < 1.29 is 9.15 Å². The van der Waals surface area contributed by atoms with Crippen molar-refractivity contribution in [2.24, 2.45) is 0 Å². The van der Waals surface area contributed by atoms with Crippen LogP contribution in [-0.4, -0.2) is 7.11 Å². The van der Waals surface area contributed by atoms with Crippen molar-refractivity contribution >= 4 is 0 Å². The third-order valence-corrected chi connectivity index (χ3v) is 4.38. The first-order chi connectivity index (χ1) is 10.3. The van der Waals surface area contributed by atoms with Crippen LogP contribution in [0.15, 0.2) is 41.0 Å². The van der Waals surface area contributed by atoms with E-state index in [0.717, 1.165) is 30.8 Å². The lowest BCUT2D eigenvalue weighted by Crippen LogP contribution is -2.28. The molecule has 0 radical (unpaired) electrons. The number of fused-ring (bicyclic) bond motifs is 1. The molecule has 1 heterocycles. The molecule has 1 aromatic carbocycles. The van der Waals surface area contributed by atoms with Crippen molar-refractivity contribution in [1.29, 1.82) is 0 Å². The summed E-state index contributed by atoms with van der Waals surface area (Å²) in [6.07, 6.45) is 6.25. The molecule has 2 unspecified atom stereocenters. The molecule has 0 saturated carbocycles. The standard InChI is InChI=1S/C18H23NO2/c1-3-15(13-7-4-5-9-17(13)20-2)19-16-8-6-10-18-14(16)11-12-21-18/h4-5,7,9,11-12,15-16,19H,3,6,8,10H2,1-2H3. The summed E-state index contributed by atoms with van der Waals surface area (Å²) < 4.78 is 11.1. The zero-order chi connectivity index (χ0) is 14.7. The second kappa shape index (κ2) is 6.35. The minimum absolute atomic E-state index is 0.298. The van der Waals surface area contributed by atoms with E-state index >= 15 is 0 Å². The van der Waals surface area contributed by atoms with Gasteiger partial charge in [0.15, 0.2) is 0 Å². The lowest BCUT2D eigenvalue weighted by atomic mass is 9.91. The predicted molar refractivity (Wildman–Crippen MR) is 83.5 cm³/mol. The van der Waals surface area contributed by atoms with Crippen molar-refractivity contribution in [2.45, 2.75) is 44.7 Å². The molecule has 3 rings (SSSR count). The third kappa shape index (κ3) is 2.84. The molecule has 0 amide bonds. The first-order valence-corrected chi connectivity index (χ1v) is 7.78. The SMILES string of the molecule is CCC(NC1CCCc2occc21)c1ccccc1OC. The van der Waals surface area contributed by atoms with Gasteiger partial charge in [0.1, 0.15) is 11.5 Å². The Morgan fingerprint density at radius 3 is 3.00 bits per heavy atom. The molecule has 0 saturated heterocycles. The third-order valence-electron chi connectivity index (χ3n) is 4.38. The first-order valence-electron chi connectivity index (χ1n) is 7.78. The van der Waals surface area contributed by atoms with Gasteiger partial charge in [-0.2, -0.15) is 0 Å². The van der Waals surface area contributed by atoms with Crippen LogP contribution in [0.25, 0.3) is 0 Å². The van der Waals surface area contributed by atoms with Crippen LogP contribution in [0, 0.1) is 0 Å². The van der Waals surface area contributed by atoms with Gasteiger partial charge in [-0.1, -0.05) is 25.1 Å². The van der Waals surface area contributed by atoms with E-state index in [9.17, 15) is 0 Å². The van der Waals surface area contributed by atoms with Crippen LogP contribution in [0.4, 0.5) is 0 Å². The highest BCUT2D eigenvalue weighted by Crippen LogP contribution is 2.35. The van der Waals surface area contributed by atoms with Crippen molar-refractivity contribution in [3.05, 3.63) is 53.5 Å². The van der Waals surface area contributed by atoms with Gasteiger partial charge in [-0.3, -0.25) is 0 Å². The molecule has 21 heavy (non-hydrogen) atoms. The average Bonchev–Trinajstić information content (AvgIpc) is 3.02. The molecule has 1 aromatic heterocycles. The summed E-state index contributed by atoms with van der Waals surface area (Å²) in [6.45, 7) is 2.21. The Kier molecular flexibility index (Phi) is 4.30. The predicted octanol–water partition coefficient (Wildman–Crippen LogP) is 4.41. The van der Waals surface area contributed by atoms with Crippen LogP contribution >= 0.6 is 0 Å². The van der Waals surface area contributed by atoms with E-state index in [4.69, 9.17) is 9.15 Å². The van der Waals surface area contributed by atoms with Gasteiger partial charge in [0, 0.05) is 29.6 Å². The lowest BCUT2D eigenvalue weighted by molar-refractivity contribution is 0.356. The van der Waals surface area contributed by atoms with Crippen molar-refractivity contribution in [3.8, 4) is 5.75 Å². The van der Waals surface area contributed by atoms with Crippen LogP contribution in [0.3, 0.4) is 0 Å². The zero-order valence-electron chi connectivity index (χ0n) is 12.8. The summed E-state index contributed by atoms with van der Waals surface area (Å²) in [4.78, 5) is 0. The quantitative estimate of drug-likeness (QED) is 0.883. The number of ether oxygens (including phenoxy) is 1. The number of nitrogens with one attached hydrogen (secondary N) is 1. The lowest BCUT2D eigenvalue weighted by Gasteiger charge is -2.28. The fourth-order valence-corrected chi connectivity index (χ4v) is 3.28. The second-order valence-corrected chi connectivity index (χ2v) is 5.61. The minimum Gasteiger partial charge on any atom is -0.496 e. The number of benzene rings is 1. The van der Waals surface area contributed by atoms with Crippen LogP contribution in [-0.2, 0) is 6.42 Å². The van der Waals surface area contributed by atoms with Gasteiger partial charge in [-0.15, -0.1) is 0 Å². The molecule has 1 aliphatic rings. The molecule has 2 aromatic rings. The van der Waals surface area contributed by atoms with E-state index in [1.54, 1.807) is 7.11 Å². The van der Waals surface area contributed by atoms with Gasteiger partial charge in [0.2, 0.25) is 0 Å². The summed E-state index contributed by atoms with van der Waals surface area (Å²) in [5.74, 6) is 2.11. The fourth-order valence-electron chi connectivity index (χ4n) is 3.28. The van der Waals surface area contributed by atoms with Crippen LogP contribution in [0.5, 0.6) is 5.75 Å². The Hall–Kier alpha value is -1.74. The average molecular weight is 285 g/mol. The normalized spacial score (nSPS) is 19.0. The van der Waals surface area contributed by atoms with E-state index in [-0.39, 0.29) is 0 Å². The Morgan fingerprint density at radius 2 is 2.19 bits per heavy atom. The van der Waals surface area contributed by atoms with Crippen molar-refractivity contribution in [3.63, 3.8) is 0 Å². The first kappa shape index (κ1) is 14.2. The molecule has 3 nitrogen and oxygen atoms in total. The Balaban J connectivity index is 1.83. The minimum atomic E-state index is 0.298. The van der Waals surface area contributed by atoms with Crippen LogP contribution in [0.2, 0.25) is 0 Å². The van der Waals surface area contributed by atoms with Gasteiger partial charge < -0.3 is 14.5 Å². The van der Waals surface area contributed by atoms with Crippen LogP contribution < -0.4 is 10.1 Å². The van der Waals surface area contributed by atoms with Gasteiger partial charge in [-0.05, 0) is 31.4 Å². The number of hydrogen-bond donors (Lipinski definition) is 1. The molecule has 0 bridgehead atoms. The maximum atomic E-state index is 5.59. The van der Waals surface area contributed by atoms with Crippen LogP contribution in [0.1, 0.15) is 55.2 Å². The molecule has 0 fully saturated rings. The van der Waals surface area contributed by atoms with Gasteiger partial charge >= 0.3 is 0 Å². The number of para-hydroxylation sites is 1. The fraction of sp³-hybridized carbons (Fsp3) is 0.444. The summed E-state index contributed by atoms with van der Waals surface area (Å²) >= 11 is 0. The molecule has 1 aliphatic carbocycles. The number of aryl methyl sites for hydroxylation is 1. The van der Waals surface area contributed by atoms with E-state index < -0.39 is 0 Å². The number of rotatable bonds is 5. The Bertz CT molecular complexity index is 590. The summed E-state index contributed by atoms with van der Waals surface area (Å²) in [7, 11) is 1.74. The van der Waals surface area contributed by atoms with E-state index in [2.05, 4.69) is 30.4 Å². The highest BCUT2D eigenvalue weighted by Gasteiger charge is 2.25. The topological polar surface area (TPSA) is 34.4 Å². The second-order valence-electron chi connectivity index (χ2n) is 5.61. The molecular formula is C18H23NO2. The Labute approximate surface area is 126 Å². The monoisotopic (exact) mass is 285 g/mol. The van der Waals surface area contributed by atoms with E-state index in [1.165, 1.54) is 17.5 Å². The Morgan fingerprint density at radius 1 is 1.33 bits per heavy atom. The number of furan rings is 1. The molecule has 112 valence electrons. The van der Waals surface area contributed by atoms with Crippen molar-refractivity contribution in [2.75, 3.05) is 7.11 Å². The summed E-state index contributed by atoms with van der Waals surface area (Å²) in [6, 6.07) is 11.1. The molecule has 1 N–H and O–H groups in total. The summed E-state index contributed by atoms with van der Waals surface area (Å²) in [5.41, 5.74) is 2.56. The highest BCUT2D eigenvalue weighted by molar-refractivity contribution is 5.36. The van der Waals surface area contributed by atoms with Gasteiger partial charge in [0.25, 0.3) is 0 Å². The highest BCUT2D eigenvalue weighted by atomic mass is 16.5. The van der Waals surface area contributed by atoms with E-state index in [0.29, 0.717) is 12.1 Å². The van der Waals surface area contributed by atoms with Gasteiger partial charge in [0.05, 0.1) is 13.4 Å². The van der Waals surface area contributed by atoms with Crippen molar-refractivity contribution in [1.82, 2.24) is 5.32 Å². The largest absolute Gasteiger partial charge is 0.496 e. The maximum absolute atomic E-state index is 5.59.